The van der Waals surface area contributed by atoms with Crippen LogP contribution in [0.2, 0.25) is 0 Å². The van der Waals surface area contributed by atoms with Crippen LogP contribution in [0.1, 0.15) is 42.5 Å². The molecule has 1 aliphatic rings. The number of amides is 2. The third-order valence-corrected chi connectivity index (χ3v) is 6.13. The highest BCUT2D eigenvalue weighted by molar-refractivity contribution is 6.09. The number of hydrogen-bond acceptors (Lipinski definition) is 6. The van der Waals surface area contributed by atoms with E-state index in [2.05, 4.69) is 20.2 Å². The number of benzene rings is 1. The monoisotopic (exact) mass is 462 g/mol. The number of imidazole rings is 1. The van der Waals surface area contributed by atoms with E-state index in [0.29, 0.717) is 34.8 Å². The zero-order valence-corrected chi connectivity index (χ0v) is 18.9. The number of nitrogens with zero attached hydrogens (tertiary/aromatic N) is 6. The van der Waals surface area contributed by atoms with Gasteiger partial charge in [0.1, 0.15) is 5.69 Å². The van der Waals surface area contributed by atoms with Crippen LogP contribution in [-0.2, 0) is 10.2 Å². The molecule has 0 saturated carbocycles. The van der Waals surface area contributed by atoms with E-state index >= 15 is 0 Å². The van der Waals surface area contributed by atoms with Crippen LogP contribution in [0.5, 0.6) is 0 Å². The number of aryl methyl sites for hydroxylation is 1. The van der Waals surface area contributed by atoms with Crippen LogP contribution in [0.3, 0.4) is 0 Å². The number of nitrogens with one attached hydrogen (secondary N) is 1. The summed E-state index contributed by atoms with van der Waals surface area (Å²) in [7, 11) is 0. The number of aromatic amines is 1. The van der Waals surface area contributed by atoms with Crippen molar-refractivity contribution in [3.63, 3.8) is 0 Å². The first-order valence-corrected chi connectivity index (χ1v) is 10.6. The topological polar surface area (TPSA) is 165 Å². The van der Waals surface area contributed by atoms with Gasteiger partial charge in [-0.25, -0.2) is 19.3 Å². The number of aromatic nitrogens is 6. The summed E-state index contributed by atoms with van der Waals surface area (Å²) >= 11 is 0. The summed E-state index contributed by atoms with van der Waals surface area (Å²) in [5.74, 6) is -0.590. The number of carboxylic acid groups (broad SMARTS) is 1. The minimum atomic E-state index is -1.19. The fourth-order valence-corrected chi connectivity index (χ4v) is 4.38. The zero-order chi connectivity index (χ0) is 24.5. The van der Waals surface area contributed by atoms with Gasteiger partial charge in [0.05, 0.1) is 22.1 Å². The lowest BCUT2D eigenvalue weighted by Crippen LogP contribution is -2.35. The van der Waals surface area contributed by atoms with Gasteiger partial charge in [0.25, 0.3) is 0 Å². The average Bonchev–Trinajstić information content (AvgIpc) is 3.51. The number of H-pyrrole nitrogens is 1. The normalized spacial score (nSPS) is 14.7. The van der Waals surface area contributed by atoms with Gasteiger partial charge < -0.3 is 20.7 Å². The number of carboxylic acids is 1. The van der Waals surface area contributed by atoms with Gasteiger partial charge in [0.15, 0.2) is 17.3 Å². The van der Waals surface area contributed by atoms with Crippen molar-refractivity contribution in [3.8, 4) is 17.3 Å². The molecule has 0 saturated heterocycles. The molecule has 0 unspecified atom stereocenters. The van der Waals surface area contributed by atoms with E-state index < -0.39 is 17.4 Å². The van der Waals surface area contributed by atoms with Crippen molar-refractivity contribution in [1.82, 2.24) is 29.5 Å². The minimum Gasteiger partial charge on any atom is -0.476 e. The fraction of sp³-hybridized carbons (Fsp3) is 0.273. The van der Waals surface area contributed by atoms with Crippen LogP contribution in [0.25, 0.3) is 28.4 Å². The van der Waals surface area contributed by atoms with Crippen LogP contribution in [0.15, 0.2) is 24.3 Å². The van der Waals surface area contributed by atoms with E-state index in [1.807, 2.05) is 32.9 Å². The first-order valence-electron chi connectivity index (χ1n) is 10.6. The second kappa shape index (κ2) is 7.01. The summed E-state index contributed by atoms with van der Waals surface area (Å²) in [5, 5.41) is 17.6. The molecule has 1 aliphatic heterocycles. The molecule has 0 spiro atoms. The van der Waals surface area contributed by atoms with Crippen LogP contribution < -0.4 is 10.6 Å². The highest BCUT2D eigenvalue weighted by Gasteiger charge is 2.43. The number of anilines is 1. The first-order chi connectivity index (χ1) is 16.0. The summed E-state index contributed by atoms with van der Waals surface area (Å²) in [5.41, 5.74) is 8.55. The molecule has 0 bridgehead atoms. The van der Waals surface area contributed by atoms with Crippen molar-refractivity contribution in [2.24, 2.45) is 5.73 Å². The van der Waals surface area contributed by atoms with E-state index in [4.69, 9.17) is 5.73 Å². The Morgan fingerprint density at radius 2 is 1.91 bits per heavy atom. The maximum absolute atomic E-state index is 12.8. The third-order valence-electron chi connectivity index (χ3n) is 6.13. The van der Waals surface area contributed by atoms with Gasteiger partial charge in [-0.15, -0.1) is 0 Å². The van der Waals surface area contributed by atoms with Gasteiger partial charge in [-0.05, 0) is 51.5 Å². The van der Waals surface area contributed by atoms with Crippen molar-refractivity contribution in [2.75, 3.05) is 11.4 Å². The molecule has 2 amide bonds. The Morgan fingerprint density at radius 3 is 2.53 bits per heavy atom. The molecule has 4 aromatic rings. The molecule has 0 aliphatic carbocycles. The van der Waals surface area contributed by atoms with E-state index in [1.54, 1.807) is 17.9 Å². The lowest BCUT2D eigenvalue weighted by atomic mass is 9.86. The lowest BCUT2D eigenvalue weighted by molar-refractivity contribution is -0.122. The highest BCUT2D eigenvalue weighted by atomic mass is 16.4. The summed E-state index contributed by atoms with van der Waals surface area (Å²) in [6, 6.07) is 5.85. The molecule has 5 rings (SSSR count). The Morgan fingerprint density at radius 1 is 1.18 bits per heavy atom. The lowest BCUT2D eigenvalue weighted by Gasteiger charge is -2.18. The van der Waals surface area contributed by atoms with Gasteiger partial charge in [0.2, 0.25) is 5.91 Å². The van der Waals surface area contributed by atoms with Crippen molar-refractivity contribution in [3.05, 3.63) is 41.2 Å². The standard InChI is InChI=1S/C22H22N8O4/c1-5-28-16-8-13-12(7-11(16)22(3,4)20(28)33)24-18(25-13)14-9-17(30(26-14)21(23)34)29-10(2)6-15(27-29)19(31)32/h6-9H,5H2,1-4H3,(H2,23,34)(H,24,25)(H,31,32). The Bertz CT molecular complexity index is 1520. The summed E-state index contributed by atoms with van der Waals surface area (Å²) in [6.45, 7) is 7.92. The molecule has 0 atom stereocenters. The summed E-state index contributed by atoms with van der Waals surface area (Å²) in [4.78, 5) is 45.7. The highest BCUT2D eigenvalue weighted by Crippen LogP contribution is 2.43. The number of primary amides is 1. The van der Waals surface area contributed by atoms with E-state index in [0.717, 1.165) is 15.9 Å². The Hall–Kier alpha value is -4.48. The van der Waals surface area contributed by atoms with Gasteiger partial charge in [-0.2, -0.15) is 14.9 Å². The second-order valence-electron chi connectivity index (χ2n) is 8.67. The molecule has 12 heteroatoms. The first kappa shape index (κ1) is 21.4. The smallest absolute Gasteiger partial charge is 0.356 e. The predicted molar refractivity (Wildman–Crippen MR) is 122 cm³/mol. The largest absolute Gasteiger partial charge is 0.476 e. The number of aromatic carboxylic acids is 1. The van der Waals surface area contributed by atoms with E-state index in [9.17, 15) is 19.5 Å². The van der Waals surface area contributed by atoms with E-state index in [-0.39, 0.29) is 17.4 Å². The molecule has 12 nitrogen and oxygen atoms in total. The zero-order valence-electron chi connectivity index (χ0n) is 18.9. The van der Waals surface area contributed by atoms with E-state index in [1.165, 1.54) is 10.7 Å². The van der Waals surface area contributed by atoms with Gasteiger partial charge in [-0.3, -0.25) is 4.79 Å². The number of hydrogen-bond donors (Lipinski definition) is 3. The number of likely N-dealkylation sites (N-methyl/N-ethyl adjacent to an activating group) is 1. The summed E-state index contributed by atoms with van der Waals surface area (Å²) in [6.07, 6.45) is 0. The number of rotatable bonds is 4. The quantitative estimate of drug-likeness (QED) is 0.418. The number of carbonyl (C=O) groups is 3. The fourth-order valence-electron chi connectivity index (χ4n) is 4.38. The molecule has 174 valence electrons. The van der Waals surface area contributed by atoms with Crippen molar-refractivity contribution in [2.45, 2.75) is 33.1 Å². The van der Waals surface area contributed by atoms with Crippen molar-refractivity contribution >= 4 is 34.6 Å². The average molecular weight is 462 g/mol. The molecule has 0 fully saturated rings. The second-order valence-corrected chi connectivity index (χ2v) is 8.67. The van der Waals surface area contributed by atoms with Gasteiger partial charge >= 0.3 is 12.0 Å². The van der Waals surface area contributed by atoms with Crippen LogP contribution in [0, 0.1) is 6.92 Å². The maximum atomic E-state index is 12.8. The molecule has 4 heterocycles. The Labute approximate surface area is 193 Å². The Balaban J connectivity index is 1.64. The van der Waals surface area contributed by atoms with Crippen molar-refractivity contribution < 1.29 is 19.5 Å². The molecule has 4 N–H and O–H groups in total. The van der Waals surface area contributed by atoms with Crippen LogP contribution in [-0.4, -0.2) is 59.1 Å². The number of fused-ring (bicyclic) bond motifs is 2. The minimum absolute atomic E-state index is 0.0399. The van der Waals surface area contributed by atoms with Crippen LogP contribution in [0.4, 0.5) is 10.5 Å². The molecule has 34 heavy (non-hydrogen) atoms. The maximum Gasteiger partial charge on any atom is 0.356 e. The summed E-state index contributed by atoms with van der Waals surface area (Å²) < 4.78 is 2.23. The predicted octanol–water partition coefficient (Wildman–Crippen LogP) is 2.19. The Kier molecular flexibility index (Phi) is 4.40. The van der Waals surface area contributed by atoms with Gasteiger partial charge in [-0.1, -0.05) is 0 Å². The molecule has 0 radical (unpaired) electrons. The molecular weight excluding hydrogens is 440 g/mol. The SMILES string of the molecule is CCN1C(=O)C(C)(C)c2cc3[nH]c(-c4cc(-n5nc(C(=O)O)cc5C)n(C(N)=O)n4)nc3cc21. The van der Waals surface area contributed by atoms with Crippen LogP contribution >= 0.6 is 0 Å². The number of nitrogens with two attached hydrogens (primary N) is 1. The molecule has 3 aromatic heterocycles. The number of carbonyl (C=O) groups excluding carboxylic acids is 2. The van der Waals surface area contributed by atoms with Gasteiger partial charge in [0, 0.05) is 18.3 Å². The molecular formula is C22H22N8O4. The molecule has 1 aromatic carbocycles. The van der Waals surface area contributed by atoms with Crippen molar-refractivity contribution in [1.29, 1.82) is 0 Å². The third kappa shape index (κ3) is 2.91.